The molecule has 0 aliphatic heterocycles. The van der Waals surface area contributed by atoms with E-state index in [0.29, 0.717) is 24.5 Å². The molecule has 2 amide bonds. The molecule has 156 valence electrons. The molecule has 0 spiro atoms. The highest BCUT2D eigenvalue weighted by Gasteiger charge is 2.22. The van der Waals surface area contributed by atoms with Crippen LogP contribution in [-0.4, -0.2) is 53.3 Å². The van der Waals surface area contributed by atoms with Crippen molar-refractivity contribution >= 4 is 33.2 Å². The van der Waals surface area contributed by atoms with Crippen LogP contribution in [0.25, 0.3) is 0 Å². The number of methoxy groups -OCH3 is 1. The molecule has 2 aromatic carbocycles. The van der Waals surface area contributed by atoms with Gasteiger partial charge in [-0.25, -0.2) is 8.42 Å². The average molecular weight is 420 g/mol. The number of aryl methyl sites for hydroxylation is 1. The number of benzene rings is 2. The smallest absolute Gasteiger partial charge is 0.253 e. The topological polar surface area (TPSA) is 105 Å². The number of ether oxygens (including phenoxy) is 1. The minimum atomic E-state index is -3.68. The zero-order chi connectivity index (χ0) is 21.4. The van der Waals surface area contributed by atoms with Crippen LogP contribution in [-0.2, 0) is 19.6 Å². The average Bonchev–Trinajstić information content (AvgIpc) is 2.66. The number of hydrogen-bond donors (Lipinski definition) is 2. The highest BCUT2D eigenvalue weighted by Crippen LogP contribution is 2.19. The van der Waals surface area contributed by atoms with Gasteiger partial charge < -0.3 is 15.4 Å². The van der Waals surface area contributed by atoms with Crippen molar-refractivity contribution in [3.05, 3.63) is 59.7 Å². The van der Waals surface area contributed by atoms with E-state index in [1.54, 1.807) is 48.5 Å². The summed E-state index contributed by atoms with van der Waals surface area (Å²) >= 11 is 0. The van der Waals surface area contributed by atoms with Gasteiger partial charge in [0.05, 0.1) is 29.8 Å². The third kappa shape index (κ3) is 6.58. The van der Waals surface area contributed by atoms with Gasteiger partial charge in [-0.3, -0.25) is 13.9 Å². The zero-order valence-electron chi connectivity index (χ0n) is 16.6. The van der Waals surface area contributed by atoms with Crippen molar-refractivity contribution in [1.82, 2.24) is 5.32 Å². The van der Waals surface area contributed by atoms with Crippen molar-refractivity contribution in [3.63, 3.8) is 0 Å². The number of para-hydroxylation sites is 1. The maximum absolute atomic E-state index is 12.6. The molecule has 2 N–H and O–H groups in total. The van der Waals surface area contributed by atoms with Crippen molar-refractivity contribution in [2.45, 2.75) is 6.92 Å². The lowest BCUT2D eigenvalue weighted by Crippen LogP contribution is -2.37. The van der Waals surface area contributed by atoms with Crippen LogP contribution in [0.15, 0.2) is 48.5 Å². The molecule has 0 saturated heterocycles. The second-order valence-corrected chi connectivity index (χ2v) is 8.35. The molecule has 0 unspecified atom stereocenters. The number of carbonyl (C=O) groups is 2. The standard InChI is InChI=1S/C20H25N3O5S/c1-15-8-10-16(11-9-15)23(29(3,26)27)14-19(24)22-18-7-5-4-6-17(18)20(25)21-12-13-28-2/h4-11H,12-14H2,1-3H3,(H,21,25)(H,22,24). The first-order valence-electron chi connectivity index (χ1n) is 8.92. The van der Waals surface area contributed by atoms with Crippen LogP contribution in [0.4, 0.5) is 11.4 Å². The van der Waals surface area contributed by atoms with Crippen LogP contribution in [0.5, 0.6) is 0 Å². The summed E-state index contributed by atoms with van der Waals surface area (Å²) < 4.78 is 30.3. The molecule has 0 aliphatic carbocycles. The van der Waals surface area contributed by atoms with Crippen LogP contribution in [0.1, 0.15) is 15.9 Å². The highest BCUT2D eigenvalue weighted by molar-refractivity contribution is 7.92. The summed E-state index contributed by atoms with van der Waals surface area (Å²) in [6, 6.07) is 13.3. The van der Waals surface area contributed by atoms with E-state index < -0.39 is 22.5 Å². The van der Waals surface area contributed by atoms with Gasteiger partial charge in [0.2, 0.25) is 15.9 Å². The van der Waals surface area contributed by atoms with E-state index in [1.165, 1.54) is 7.11 Å². The van der Waals surface area contributed by atoms with Gasteiger partial charge in [-0.2, -0.15) is 0 Å². The lowest BCUT2D eigenvalue weighted by molar-refractivity contribution is -0.114. The summed E-state index contributed by atoms with van der Waals surface area (Å²) in [6.45, 7) is 2.16. The van der Waals surface area contributed by atoms with E-state index in [2.05, 4.69) is 10.6 Å². The Labute approximate surface area is 170 Å². The first-order valence-corrected chi connectivity index (χ1v) is 10.8. The first-order chi connectivity index (χ1) is 13.7. The molecule has 0 radical (unpaired) electrons. The van der Waals surface area contributed by atoms with Gasteiger partial charge in [0.15, 0.2) is 0 Å². The predicted molar refractivity (Wildman–Crippen MR) is 113 cm³/mol. The molecule has 0 saturated carbocycles. The number of nitrogens with one attached hydrogen (secondary N) is 2. The normalized spacial score (nSPS) is 11.0. The summed E-state index contributed by atoms with van der Waals surface area (Å²) in [7, 11) is -2.15. The van der Waals surface area contributed by atoms with Crippen LogP contribution in [0, 0.1) is 6.92 Å². The molecule has 2 aromatic rings. The van der Waals surface area contributed by atoms with Crippen LogP contribution < -0.4 is 14.9 Å². The highest BCUT2D eigenvalue weighted by atomic mass is 32.2. The number of anilines is 2. The third-order valence-electron chi connectivity index (χ3n) is 4.05. The number of hydrogen-bond acceptors (Lipinski definition) is 5. The van der Waals surface area contributed by atoms with Gasteiger partial charge in [-0.05, 0) is 31.2 Å². The van der Waals surface area contributed by atoms with Gasteiger partial charge in [0, 0.05) is 13.7 Å². The van der Waals surface area contributed by atoms with E-state index >= 15 is 0 Å². The van der Waals surface area contributed by atoms with Gasteiger partial charge in [-0.15, -0.1) is 0 Å². The molecule has 29 heavy (non-hydrogen) atoms. The second kappa shape index (κ2) is 10.0. The Bertz CT molecular complexity index is 958. The quantitative estimate of drug-likeness (QED) is 0.603. The van der Waals surface area contributed by atoms with Gasteiger partial charge >= 0.3 is 0 Å². The van der Waals surface area contributed by atoms with Crippen molar-refractivity contribution < 1.29 is 22.7 Å². The molecule has 8 nitrogen and oxygen atoms in total. The van der Waals surface area contributed by atoms with E-state index in [1.807, 2.05) is 6.92 Å². The summed E-state index contributed by atoms with van der Waals surface area (Å²) in [6.07, 6.45) is 1.04. The maximum atomic E-state index is 12.6. The van der Waals surface area contributed by atoms with E-state index in [9.17, 15) is 18.0 Å². The Balaban J connectivity index is 2.17. The number of nitrogens with zero attached hydrogens (tertiary/aromatic N) is 1. The minimum Gasteiger partial charge on any atom is -0.383 e. The Morgan fingerprint density at radius 2 is 1.72 bits per heavy atom. The number of amides is 2. The van der Waals surface area contributed by atoms with Crippen molar-refractivity contribution in [1.29, 1.82) is 0 Å². The molecule has 0 aromatic heterocycles. The molecule has 0 heterocycles. The number of rotatable bonds is 9. The fraction of sp³-hybridized carbons (Fsp3) is 0.300. The Hall–Kier alpha value is -2.91. The monoisotopic (exact) mass is 419 g/mol. The maximum Gasteiger partial charge on any atom is 0.253 e. The summed E-state index contributed by atoms with van der Waals surface area (Å²) in [5, 5.41) is 5.32. The molecular formula is C20H25N3O5S. The molecule has 0 aliphatic rings. The lowest BCUT2D eigenvalue weighted by atomic mass is 10.1. The van der Waals surface area contributed by atoms with Gasteiger partial charge in [0.25, 0.3) is 5.91 Å². The van der Waals surface area contributed by atoms with Crippen molar-refractivity contribution in [3.8, 4) is 0 Å². The molecule has 2 rings (SSSR count). The van der Waals surface area contributed by atoms with E-state index in [4.69, 9.17) is 4.74 Å². The Morgan fingerprint density at radius 1 is 1.07 bits per heavy atom. The largest absolute Gasteiger partial charge is 0.383 e. The number of carbonyl (C=O) groups excluding carboxylic acids is 2. The van der Waals surface area contributed by atoms with Crippen molar-refractivity contribution in [2.75, 3.05) is 42.7 Å². The Morgan fingerprint density at radius 3 is 2.34 bits per heavy atom. The number of sulfonamides is 1. The predicted octanol–water partition coefficient (Wildman–Crippen LogP) is 1.78. The summed E-state index contributed by atoms with van der Waals surface area (Å²) in [5.74, 6) is -0.926. The van der Waals surface area contributed by atoms with Crippen LogP contribution >= 0.6 is 0 Å². The lowest BCUT2D eigenvalue weighted by Gasteiger charge is -2.22. The first kappa shape index (κ1) is 22.4. The fourth-order valence-corrected chi connectivity index (χ4v) is 3.44. The molecular weight excluding hydrogens is 394 g/mol. The van der Waals surface area contributed by atoms with Crippen LogP contribution in [0.2, 0.25) is 0 Å². The SMILES string of the molecule is COCCNC(=O)c1ccccc1NC(=O)CN(c1ccc(C)cc1)S(C)(=O)=O. The molecule has 9 heteroatoms. The van der Waals surface area contributed by atoms with E-state index in [-0.39, 0.29) is 11.5 Å². The fourth-order valence-electron chi connectivity index (χ4n) is 2.58. The van der Waals surface area contributed by atoms with Gasteiger partial charge in [-0.1, -0.05) is 29.8 Å². The minimum absolute atomic E-state index is 0.276. The van der Waals surface area contributed by atoms with Crippen molar-refractivity contribution in [2.24, 2.45) is 0 Å². The Kier molecular flexibility index (Phi) is 7.74. The molecule has 0 fully saturated rings. The second-order valence-electron chi connectivity index (χ2n) is 6.45. The third-order valence-corrected chi connectivity index (χ3v) is 5.19. The van der Waals surface area contributed by atoms with Crippen LogP contribution in [0.3, 0.4) is 0 Å². The molecule has 0 atom stereocenters. The zero-order valence-corrected chi connectivity index (χ0v) is 17.5. The molecule has 0 bridgehead atoms. The van der Waals surface area contributed by atoms with Gasteiger partial charge in [0.1, 0.15) is 6.54 Å². The van der Waals surface area contributed by atoms with E-state index in [0.717, 1.165) is 16.1 Å². The summed E-state index contributed by atoms with van der Waals surface area (Å²) in [5.41, 5.74) is 1.93. The summed E-state index contributed by atoms with van der Waals surface area (Å²) in [4.78, 5) is 24.9.